The average Bonchev–Trinajstić information content (AvgIpc) is 2.86. The van der Waals surface area contributed by atoms with Crippen LogP contribution in [0, 0.1) is 11.6 Å². The van der Waals surface area contributed by atoms with Crippen molar-refractivity contribution in [1.29, 1.82) is 0 Å². The summed E-state index contributed by atoms with van der Waals surface area (Å²) >= 11 is 0. The maximum absolute atomic E-state index is 13.8. The van der Waals surface area contributed by atoms with Crippen LogP contribution in [0.15, 0.2) is 36.4 Å². The van der Waals surface area contributed by atoms with Crippen LogP contribution >= 0.6 is 0 Å². The van der Waals surface area contributed by atoms with E-state index < -0.39 is 27.8 Å². The molecular formula is C19H22F2N2O3S. The Hall–Kier alpha value is -2.03. The van der Waals surface area contributed by atoms with Crippen LogP contribution in [0.4, 0.5) is 8.78 Å². The van der Waals surface area contributed by atoms with Crippen molar-refractivity contribution in [3.63, 3.8) is 0 Å². The second kappa shape index (κ2) is 7.53. The summed E-state index contributed by atoms with van der Waals surface area (Å²) in [5, 5.41) is 12.0. The second-order valence-electron chi connectivity index (χ2n) is 6.71. The van der Waals surface area contributed by atoms with Crippen molar-refractivity contribution in [2.75, 3.05) is 19.3 Å². The standard InChI is InChI=1S/C19H22F2N2O3S/c1-3-8-22(27(2,25)26)11-15(24)12-23-18-9-13(20)4-6-16(18)17-7-5-14(21)10-19(17)23/h4-7,9-10,15,24H,3,8,11-12H2,1-2H3. The molecule has 3 aromatic rings. The van der Waals surface area contributed by atoms with Crippen LogP contribution in [0.2, 0.25) is 0 Å². The summed E-state index contributed by atoms with van der Waals surface area (Å²) in [6.07, 6.45) is 0.684. The molecule has 0 bridgehead atoms. The molecule has 0 fully saturated rings. The quantitative estimate of drug-likeness (QED) is 0.668. The largest absolute Gasteiger partial charge is 0.390 e. The molecule has 0 saturated carbocycles. The fraction of sp³-hybridized carbons (Fsp3) is 0.368. The molecule has 5 nitrogen and oxygen atoms in total. The Kier molecular flexibility index (Phi) is 5.50. The number of aliphatic hydroxyl groups excluding tert-OH is 1. The van der Waals surface area contributed by atoms with E-state index in [2.05, 4.69) is 0 Å². The number of hydrogen-bond acceptors (Lipinski definition) is 3. The molecule has 2 aromatic carbocycles. The summed E-state index contributed by atoms with van der Waals surface area (Å²) in [4.78, 5) is 0. The molecule has 1 N–H and O–H groups in total. The molecule has 1 atom stereocenters. The first-order chi connectivity index (χ1) is 12.7. The lowest BCUT2D eigenvalue weighted by Crippen LogP contribution is -2.38. The summed E-state index contributed by atoms with van der Waals surface area (Å²) in [5.41, 5.74) is 1.05. The Morgan fingerprint density at radius 2 is 1.59 bits per heavy atom. The minimum Gasteiger partial charge on any atom is -0.390 e. The molecule has 1 unspecified atom stereocenters. The van der Waals surface area contributed by atoms with Gasteiger partial charge in [-0.05, 0) is 42.8 Å². The summed E-state index contributed by atoms with van der Waals surface area (Å²) < 4.78 is 54.2. The van der Waals surface area contributed by atoms with Crippen molar-refractivity contribution in [2.45, 2.75) is 26.0 Å². The van der Waals surface area contributed by atoms with Gasteiger partial charge in [0, 0.05) is 23.9 Å². The average molecular weight is 396 g/mol. The Morgan fingerprint density at radius 3 is 2.04 bits per heavy atom. The molecule has 0 amide bonds. The van der Waals surface area contributed by atoms with Crippen molar-refractivity contribution in [3.05, 3.63) is 48.0 Å². The monoisotopic (exact) mass is 396 g/mol. The molecule has 8 heteroatoms. The number of hydrogen-bond donors (Lipinski definition) is 1. The van der Waals surface area contributed by atoms with Gasteiger partial charge in [0.1, 0.15) is 11.6 Å². The predicted molar refractivity (Wildman–Crippen MR) is 102 cm³/mol. The number of benzene rings is 2. The van der Waals surface area contributed by atoms with Crippen LogP contribution in [0.1, 0.15) is 13.3 Å². The number of halogens is 2. The van der Waals surface area contributed by atoms with Crippen molar-refractivity contribution in [1.82, 2.24) is 8.87 Å². The Bertz CT molecular complexity index is 1020. The number of rotatable bonds is 7. The Morgan fingerprint density at radius 1 is 1.07 bits per heavy atom. The molecule has 0 aliphatic heterocycles. The maximum atomic E-state index is 13.8. The topological polar surface area (TPSA) is 62.5 Å². The van der Waals surface area contributed by atoms with Crippen LogP contribution < -0.4 is 0 Å². The highest BCUT2D eigenvalue weighted by Crippen LogP contribution is 2.30. The third kappa shape index (κ3) is 4.12. The summed E-state index contributed by atoms with van der Waals surface area (Å²) in [5.74, 6) is -0.879. The lowest BCUT2D eigenvalue weighted by Gasteiger charge is -2.23. The van der Waals surface area contributed by atoms with Crippen LogP contribution in [0.3, 0.4) is 0 Å². The van der Waals surface area contributed by atoms with Gasteiger partial charge in [0.05, 0.1) is 29.9 Å². The fourth-order valence-electron chi connectivity index (χ4n) is 3.38. The zero-order chi connectivity index (χ0) is 19.8. The van der Waals surface area contributed by atoms with Crippen LogP contribution in [0.25, 0.3) is 21.8 Å². The fourth-order valence-corrected chi connectivity index (χ4v) is 4.34. The Balaban J connectivity index is 2.02. The van der Waals surface area contributed by atoms with Gasteiger partial charge in [-0.3, -0.25) is 0 Å². The summed E-state index contributed by atoms with van der Waals surface area (Å²) in [6.45, 7) is 2.08. The second-order valence-corrected chi connectivity index (χ2v) is 8.69. The normalized spacial score (nSPS) is 13.7. The van der Waals surface area contributed by atoms with Crippen LogP contribution in [-0.4, -0.2) is 47.8 Å². The minimum absolute atomic E-state index is 0.0165. The zero-order valence-corrected chi connectivity index (χ0v) is 16.0. The van der Waals surface area contributed by atoms with E-state index in [1.165, 1.54) is 28.6 Å². The molecule has 1 heterocycles. The Labute approximate surface area is 156 Å². The number of aromatic nitrogens is 1. The van der Waals surface area contributed by atoms with E-state index in [-0.39, 0.29) is 13.1 Å². The molecule has 146 valence electrons. The van der Waals surface area contributed by atoms with E-state index in [0.717, 1.165) is 17.0 Å². The molecule has 0 saturated heterocycles. The minimum atomic E-state index is -3.46. The van der Waals surface area contributed by atoms with Crippen molar-refractivity contribution >= 4 is 31.8 Å². The molecule has 1 aromatic heterocycles. The SMILES string of the molecule is CCCN(CC(O)Cn1c2cc(F)ccc2c2ccc(F)cc21)S(C)(=O)=O. The van der Waals surface area contributed by atoms with Gasteiger partial charge in [-0.1, -0.05) is 6.92 Å². The molecule has 0 aliphatic rings. The van der Waals surface area contributed by atoms with E-state index in [9.17, 15) is 22.3 Å². The van der Waals surface area contributed by atoms with Crippen molar-refractivity contribution in [3.8, 4) is 0 Å². The van der Waals surface area contributed by atoms with Gasteiger partial charge in [0.25, 0.3) is 0 Å². The van der Waals surface area contributed by atoms with Crippen LogP contribution in [-0.2, 0) is 16.6 Å². The maximum Gasteiger partial charge on any atom is 0.211 e. The molecule has 0 radical (unpaired) electrons. The molecule has 0 spiro atoms. The molecular weight excluding hydrogens is 374 g/mol. The smallest absolute Gasteiger partial charge is 0.211 e. The van der Waals surface area contributed by atoms with Crippen LogP contribution in [0.5, 0.6) is 0 Å². The van der Waals surface area contributed by atoms with E-state index in [1.54, 1.807) is 16.7 Å². The van der Waals surface area contributed by atoms with Gasteiger partial charge < -0.3 is 9.67 Å². The zero-order valence-electron chi connectivity index (χ0n) is 15.2. The predicted octanol–water partition coefficient (Wildman–Crippen LogP) is 3.11. The van der Waals surface area contributed by atoms with Gasteiger partial charge >= 0.3 is 0 Å². The van der Waals surface area contributed by atoms with Crippen molar-refractivity contribution in [2.24, 2.45) is 0 Å². The first-order valence-corrected chi connectivity index (χ1v) is 10.6. The van der Waals surface area contributed by atoms with Gasteiger partial charge in [0.15, 0.2) is 0 Å². The highest BCUT2D eigenvalue weighted by atomic mass is 32.2. The van der Waals surface area contributed by atoms with Crippen molar-refractivity contribution < 1.29 is 22.3 Å². The number of nitrogens with zero attached hydrogens (tertiary/aromatic N) is 2. The third-order valence-electron chi connectivity index (χ3n) is 4.54. The summed E-state index contributed by atoms with van der Waals surface area (Å²) in [6, 6.07) is 8.57. The number of sulfonamides is 1. The molecule has 27 heavy (non-hydrogen) atoms. The van der Waals surface area contributed by atoms with Gasteiger partial charge in [-0.25, -0.2) is 17.2 Å². The van der Waals surface area contributed by atoms with E-state index in [4.69, 9.17) is 0 Å². The third-order valence-corrected chi connectivity index (χ3v) is 5.81. The van der Waals surface area contributed by atoms with E-state index >= 15 is 0 Å². The van der Waals surface area contributed by atoms with E-state index in [0.29, 0.717) is 24.0 Å². The van der Waals surface area contributed by atoms with E-state index in [1.807, 2.05) is 6.92 Å². The molecule has 0 aliphatic carbocycles. The van der Waals surface area contributed by atoms with Gasteiger partial charge in [-0.2, -0.15) is 4.31 Å². The lowest BCUT2D eigenvalue weighted by atomic mass is 10.1. The number of aliphatic hydroxyl groups is 1. The first-order valence-electron chi connectivity index (χ1n) is 8.71. The highest BCUT2D eigenvalue weighted by Gasteiger charge is 2.21. The van der Waals surface area contributed by atoms with Gasteiger partial charge in [0.2, 0.25) is 10.0 Å². The van der Waals surface area contributed by atoms with Gasteiger partial charge in [-0.15, -0.1) is 0 Å². The summed E-state index contributed by atoms with van der Waals surface area (Å²) in [7, 11) is -3.46. The highest BCUT2D eigenvalue weighted by molar-refractivity contribution is 7.88. The molecule has 3 rings (SSSR count). The first kappa shape index (κ1) is 19.7. The number of fused-ring (bicyclic) bond motifs is 3. The lowest BCUT2D eigenvalue weighted by molar-refractivity contribution is 0.130.